The van der Waals surface area contributed by atoms with Crippen LogP contribution in [0, 0.1) is 0 Å². The van der Waals surface area contributed by atoms with E-state index in [4.69, 9.17) is 0 Å². The summed E-state index contributed by atoms with van der Waals surface area (Å²) in [6.45, 7) is 0. The number of Topliss-reactive ketones (excluding diaryl/α,β-unsaturated/α-hetero) is 1. The van der Waals surface area contributed by atoms with Gasteiger partial charge >= 0.3 is 5.97 Å². The van der Waals surface area contributed by atoms with Crippen molar-refractivity contribution in [3.63, 3.8) is 0 Å². The zero-order chi connectivity index (χ0) is 11.6. The highest BCUT2D eigenvalue weighted by atomic mass is 16.4. The van der Waals surface area contributed by atoms with Crippen molar-refractivity contribution in [3.05, 3.63) is 30.1 Å². The van der Waals surface area contributed by atoms with E-state index in [1.165, 1.54) is 0 Å². The minimum Gasteiger partial charge on any atom is -0.481 e. The lowest BCUT2D eigenvalue weighted by Crippen LogP contribution is -2.39. The fourth-order valence-corrected chi connectivity index (χ4v) is 2.25. The number of nitrogens with zero attached hydrogens (tertiary/aromatic N) is 1. The second-order valence-corrected chi connectivity index (χ2v) is 4.16. The average Bonchev–Trinajstić information content (AvgIpc) is 2.31. The maximum atomic E-state index is 11.5. The third-order valence-corrected chi connectivity index (χ3v) is 3.30. The Morgan fingerprint density at radius 2 is 1.81 bits per heavy atom. The van der Waals surface area contributed by atoms with Crippen molar-refractivity contribution in [2.24, 2.45) is 0 Å². The van der Waals surface area contributed by atoms with E-state index in [0.717, 1.165) is 5.56 Å². The minimum absolute atomic E-state index is 0.158. The molecule has 0 spiro atoms. The Bertz CT molecular complexity index is 404. The van der Waals surface area contributed by atoms with Gasteiger partial charge in [-0.3, -0.25) is 14.6 Å². The largest absolute Gasteiger partial charge is 0.481 e. The molecule has 1 N–H and O–H groups in total. The first-order valence-corrected chi connectivity index (χ1v) is 5.31. The molecule has 0 unspecified atom stereocenters. The molecule has 1 aliphatic rings. The molecule has 0 aliphatic heterocycles. The maximum absolute atomic E-state index is 11.5. The smallest absolute Gasteiger partial charge is 0.314 e. The Hall–Kier alpha value is -1.71. The van der Waals surface area contributed by atoms with Gasteiger partial charge in [0.05, 0.1) is 5.41 Å². The zero-order valence-electron chi connectivity index (χ0n) is 8.85. The van der Waals surface area contributed by atoms with Gasteiger partial charge in [-0.15, -0.1) is 0 Å². The summed E-state index contributed by atoms with van der Waals surface area (Å²) in [4.78, 5) is 26.5. The second-order valence-electron chi connectivity index (χ2n) is 4.16. The molecule has 0 amide bonds. The topological polar surface area (TPSA) is 67.3 Å². The van der Waals surface area contributed by atoms with Gasteiger partial charge in [0.2, 0.25) is 0 Å². The lowest BCUT2D eigenvalue weighted by Gasteiger charge is -2.32. The van der Waals surface area contributed by atoms with Crippen LogP contribution in [0.25, 0.3) is 0 Å². The van der Waals surface area contributed by atoms with Crippen LogP contribution in [-0.4, -0.2) is 21.8 Å². The minimum atomic E-state index is -0.892. The maximum Gasteiger partial charge on any atom is 0.314 e. The molecular weight excluding hydrogens is 206 g/mol. The number of pyridine rings is 1. The van der Waals surface area contributed by atoms with Crippen molar-refractivity contribution >= 4 is 11.8 Å². The van der Waals surface area contributed by atoms with Crippen LogP contribution < -0.4 is 0 Å². The van der Waals surface area contributed by atoms with Crippen LogP contribution in [0.4, 0.5) is 0 Å². The number of carbonyl (C=O) groups excluding carboxylic acids is 1. The van der Waals surface area contributed by atoms with E-state index >= 15 is 0 Å². The van der Waals surface area contributed by atoms with E-state index in [2.05, 4.69) is 4.98 Å². The molecule has 1 heterocycles. The van der Waals surface area contributed by atoms with E-state index in [0.29, 0.717) is 25.7 Å². The molecule has 1 aromatic heterocycles. The van der Waals surface area contributed by atoms with Crippen LogP contribution in [0.5, 0.6) is 0 Å². The van der Waals surface area contributed by atoms with Crippen LogP contribution in [0.2, 0.25) is 0 Å². The van der Waals surface area contributed by atoms with Gasteiger partial charge in [-0.25, -0.2) is 0 Å². The molecule has 84 valence electrons. The van der Waals surface area contributed by atoms with Gasteiger partial charge in [-0.2, -0.15) is 0 Å². The second kappa shape index (κ2) is 4.04. The molecule has 2 rings (SSSR count). The summed E-state index contributed by atoms with van der Waals surface area (Å²) >= 11 is 0. The number of ketones is 1. The van der Waals surface area contributed by atoms with Crippen LogP contribution in [0.3, 0.4) is 0 Å². The van der Waals surface area contributed by atoms with Gasteiger partial charge in [0.25, 0.3) is 0 Å². The van der Waals surface area contributed by atoms with Crippen LogP contribution in [-0.2, 0) is 15.0 Å². The van der Waals surface area contributed by atoms with Crippen molar-refractivity contribution in [2.45, 2.75) is 31.1 Å². The molecule has 16 heavy (non-hydrogen) atoms. The predicted molar refractivity (Wildman–Crippen MR) is 57.0 cm³/mol. The Balaban J connectivity index is 2.37. The highest BCUT2D eigenvalue weighted by molar-refractivity contribution is 5.87. The van der Waals surface area contributed by atoms with Crippen molar-refractivity contribution in [1.82, 2.24) is 4.98 Å². The van der Waals surface area contributed by atoms with Crippen molar-refractivity contribution in [1.29, 1.82) is 0 Å². The van der Waals surface area contributed by atoms with E-state index < -0.39 is 11.4 Å². The predicted octanol–water partition coefficient (Wildman–Crippen LogP) is 1.55. The Kier molecular flexibility index (Phi) is 2.73. The van der Waals surface area contributed by atoms with Crippen LogP contribution in [0.1, 0.15) is 31.2 Å². The third kappa shape index (κ3) is 1.71. The first kappa shape index (κ1) is 10.8. The average molecular weight is 219 g/mol. The molecular formula is C12H13NO3. The van der Waals surface area contributed by atoms with Crippen molar-refractivity contribution in [3.8, 4) is 0 Å². The number of aromatic nitrogens is 1. The summed E-state index contributed by atoms with van der Waals surface area (Å²) in [5.74, 6) is -0.683. The van der Waals surface area contributed by atoms with Gasteiger partial charge < -0.3 is 5.11 Å². The Morgan fingerprint density at radius 1 is 1.25 bits per heavy atom. The molecule has 0 aromatic carbocycles. The van der Waals surface area contributed by atoms with Gasteiger partial charge in [0, 0.05) is 25.2 Å². The summed E-state index contributed by atoms with van der Waals surface area (Å²) < 4.78 is 0. The molecule has 0 radical (unpaired) electrons. The molecule has 1 saturated carbocycles. The third-order valence-electron chi connectivity index (χ3n) is 3.30. The highest BCUT2D eigenvalue weighted by Gasteiger charge is 2.43. The zero-order valence-corrected chi connectivity index (χ0v) is 8.85. The van der Waals surface area contributed by atoms with E-state index in [9.17, 15) is 14.7 Å². The van der Waals surface area contributed by atoms with Gasteiger partial charge in [-0.1, -0.05) is 0 Å². The first-order valence-electron chi connectivity index (χ1n) is 5.31. The molecule has 0 bridgehead atoms. The number of carboxylic acids is 1. The Labute approximate surface area is 93.3 Å². The Morgan fingerprint density at radius 3 is 2.31 bits per heavy atom. The number of rotatable bonds is 2. The van der Waals surface area contributed by atoms with Crippen molar-refractivity contribution in [2.75, 3.05) is 0 Å². The number of aliphatic carboxylic acids is 1. The van der Waals surface area contributed by atoms with E-state index in [1.807, 2.05) is 0 Å². The normalized spacial score (nSPS) is 19.4. The number of carbonyl (C=O) groups is 2. The summed E-state index contributed by atoms with van der Waals surface area (Å²) in [6.07, 6.45) is 4.69. The standard InChI is InChI=1S/C12H13NO3/c14-10-1-5-12(6-2-10,11(15)16)9-3-7-13-8-4-9/h3-4,7-8H,1-2,5-6H2,(H,15,16). The lowest BCUT2D eigenvalue weighted by atomic mass is 9.69. The SMILES string of the molecule is O=C1CCC(C(=O)O)(c2ccncc2)CC1. The molecule has 1 aromatic rings. The van der Waals surface area contributed by atoms with Gasteiger partial charge in [-0.05, 0) is 30.5 Å². The molecule has 4 heteroatoms. The van der Waals surface area contributed by atoms with E-state index in [1.54, 1.807) is 24.5 Å². The van der Waals surface area contributed by atoms with Gasteiger partial charge in [0.1, 0.15) is 5.78 Å². The molecule has 4 nitrogen and oxygen atoms in total. The summed E-state index contributed by atoms with van der Waals surface area (Å²) in [6, 6.07) is 3.45. The number of hydrogen-bond acceptors (Lipinski definition) is 3. The van der Waals surface area contributed by atoms with Crippen molar-refractivity contribution < 1.29 is 14.7 Å². The summed E-state index contributed by atoms with van der Waals surface area (Å²) in [7, 11) is 0. The number of hydrogen-bond donors (Lipinski definition) is 1. The fraction of sp³-hybridized carbons (Fsp3) is 0.417. The molecule has 0 atom stereocenters. The fourth-order valence-electron chi connectivity index (χ4n) is 2.25. The monoisotopic (exact) mass is 219 g/mol. The number of carboxylic acid groups (broad SMARTS) is 1. The lowest BCUT2D eigenvalue weighted by molar-refractivity contribution is -0.146. The molecule has 1 fully saturated rings. The van der Waals surface area contributed by atoms with E-state index in [-0.39, 0.29) is 5.78 Å². The van der Waals surface area contributed by atoms with Gasteiger partial charge in [0.15, 0.2) is 0 Å². The quantitative estimate of drug-likeness (QED) is 0.819. The summed E-state index contributed by atoms with van der Waals surface area (Å²) in [5.41, 5.74) is -0.140. The molecule has 0 saturated heterocycles. The van der Waals surface area contributed by atoms with Crippen LogP contribution >= 0.6 is 0 Å². The highest BCUT2D eigenvalue weighted by Crippen LogP contribution is 2.38. The first-order chi connectivity index (χ1) is 7.65. The van der Waals surface area contributed by atoms with Crippen LogP contribution in [0.15, 0.2) is 24.5 Å². The summed E-state index contributed by atoms with van der Waals surface area (Å²) in [5, 5.41) is 9.40. The molecule has 1 aliphatic carbocycles.